The summed E-state index contributed by atoms with van der Waals surface area (Å²) in [7, 11) is 1.40. The van der Waals surface area contributed by atoms with Crippen LogP contribution in [0.4, 0.5) is 14.5 Å². The standard InChI is InChI=1S/C7H7F2IN2O/c1-13-4-2-3(11)5(6(8)9)7(10)12-4/h2,6H,1H3,(H2,11,12). The van der Waals surface area contributed by atoms with Crippen molar-refractivity contribution in [3.8, 4) is 5.88 Å². The molecule has 0 amide bonds. The molecule has 0 aliphatic heterocycles. The molecule has 1 rings (SSSR count). The number of alkyl halides is 2. The molecule has 0 aliphatic carbocycles. The van der Waals surface area contributed by atoms with Crippen LogP contribution in [0.15, 0.2) is 6.07 Å². The van der Waals surface area contributed by atoms with Crippen molar-refractivity contribution >= 4 is 28.3 Å². The highest BCUT2D eigenvalue weighted by Gasteiger charge is 2.17. The Bertz CT molecular complexity index is 296. The first-order chi connectivity index (χ1) is 6.06. The van der Waals surface area contributed by atoms with Crippen LogP contribution in [0, 0.1) is 3.70 Å². The van der Waals surface area contributed by atoms with Gasteiger partial charge in [0.25, 0.3) is 6.43 Å². The maximum atomic E-state index is 12.4. The van der Waals surface area contributed by atoms with Crippen LogP contribution in [0.5, 0.6) is 5.88 Å². The van der Waals surface area contributed by atoms with E-state index in [0.717, 1.165) is 0 Å². The summed E-state index contributed by atoms with van der Waals surface area (Å²) in [5, 5.41) is 0. The van der Waals surface area contributed by atoms with Gasteiger partial charge < -0.3 is 10.5 Å². The highest BCUT2D eigenvalue weighted by Crippen LogP contribution is 2.30. The number of pyridine rings is 1. The molecular formula is C7H7F2IN2O. The molecule has 0 bridgehead atoms. The number of anilines is 1. The van der Waals surface area contributed by atoms with Gasteiger partial charge in [0.1, 0.15) is 3.70 Å². The maximum Gasteiger partial charge on any atom is 0.268 e. The smallest absolute Gasteiger partial charge is 0.268 e. The minimum absolute atomic E-state index is 0.00579. The van der Waals surface area contributed by atoms with Gasteiger partial charge in [0.15, 0.2) is 0 Å². The predicted molar refractivity (Wildman–Crippen MR) is 52.9 cm³/mol. The Morgan fingerprint density at radius 3 is 2.62 bits per heavy atom. The number of hydrogen-bond acceptors (Lipinski definition) is 3. The van der Waals surface area contributed by atoms with Gasteiger partial charge in [0, 0.05) is 11.8 Å². The number of ether oxygens (including phenoxy) is 1. The van der Waals surface area contributed by atoms with E-state index < -0.39 is 6.43 Å². The molecule has 0 aliphatic rings. The van der Waals surface area contributed by atoms with Gasteiger partial charge in [-0.25, -0.2) is 13.8 Å². The number of aromatic nitrogens is 1. The SMILES string of the molecule is COc1cc(N)c(C(F)F)c(I)n1. The first-order valence-electron chi connectivity index (χ1n) is 3.34. The Labute approximate surface area is 87.4 Å². The van der Waals surface area contributed by atoms with E-state index in [1.165, 1.54) is 13.2 Å². The molecule has 1 aromatic rings. The Morgan fingerprint density at radius 1 is 1.62 bits per heavy atom. The van der Waals surface area contributed by atoms with E-state index in [1.54, 1.807) is 22.6 Å². The summed E-state index contributed by atoms with van der Waals surface area (Å²) in [5.41, 5.74) is 5.16. The third-order valence-corrected chi connectivity index (χ3v) is 2.27. The van der Waals surface area contributed by atoms with E-state index in [-0.39, 0.29) is 20.8 Å². The molecule has 0 unspecified atom stereocenters. The Kier molecular flexibility index (Phi) is 3.23. The summed E-state index contributed by atoms with van der Waals surface area (Å²) < 4.78 is 29.7. The van der Waals surface area contributed by atoms with Gasteiger partial charge >= 0.3 is 0 Å². The average Bonchev–Trinajstić information content (AvgIpc) is 2.02. The van der Waals surface area contributed by atoms with Crippen LogP contribution < -0.4 is 10.5 Å². The number of halogens is 3. The molecule has 0 radical (unpaired) electrons. The van der Waals surface area contributed by atoms with Crippen LogP contribution in [-0.2, 0) is 0 Å². The van der Waals surface area contributed by atoms with Crippen LogP contribution in [0.3, 0.4) is 0 Å². The molecule has 0 fully saturated rings. The molecule has 1 aromatic heterocycles. The van der Waals surface area contributed by atoms with Crippen molar-refractivity contribution in [2.24, 2.45) is 0 Å². The van der Waals surface area contributed by atoms with E-state index in [0.29, 0.717) is 0 Å². The fraction of sp³-hybridized carbons (Fsp3) is 0.286. The number of nitrogens with zero attached hydrogens (tertiary/aromatic N) is 1. The molecular weight excluding hydrogens is 293 g/mol. The second kappa shape index (κ2) is 4.03. The van der Waals surface area contributed by atoms with E-state index in [9.17, 15) is 8.78 Å². The first-order valence-corrected chi connectivity index (χ1v) is 4.42. The molecule has 3 nitrogen and oxygen atoms in total. The average molecular weight is 300 g/mol. The van der Waals surface area contributed by atoms with E-state index in [2.05, 4.69) is 4.98 Å². The number of hydrogen-bond donors (Lipinski definition) is 1. The zero-order valence-corrected chi connectivity index (χ0v) is 8.88. The lowest BCUT2D eigenvalue weighted by Gasteiger charge is -2.08. The minimum atomic E-state index is -2.61. The van der Waals surface area contributed by atoms with Crippen molar-refractivity contribution in [2.75, 3.05) is 12.8 Å². The van der Waals surface area contributed by atoms with E-state index in [1.807, 2.05) is 0 Å². The predicted octanol–water partition coefficient (Wildman–Crippen LogP) is 2.21. The summed E-state index contributed by atoms with van der Waals surface area (Å²) in [6, 6.07) is 1.28. The van der Waals surface area contributed by atoms with Gasteiger partial charge in [-0.15, -0.1) is 0 Å². The van der Waals surface area contributed by atoms with Crippen LogP contribution in [0.25, 0.3) is 0 Å². The number of nitrogens with two attached hydrogens (primary N) is 1. The highest BCUT2D eigenvalue weighted by atomic mass is 127. The van der Waals surface area contributed by atoms with Gasteiger partial charge in [0.05, 0.1) is 12.7 Å². The molecule has 0 saturated carbocycles. The van der Waals surface area contributed by atoms with E-state index >= 15 is 0 Å². The van der Waals surface area contributed by atoms with Crippen molar-refractivity contribution < 1.29 is 13.5 Å². The number of nitrogen functional groups attached to an aromatic ring is 1. The molecule has 0 atom stereocenters. The van der Waals surface area contributed by atoms with Gasteiger partial charge in [-0.2, -0.15) is 0 Å². The number of methoxy groups -OCH3 is 1. The van der Waals surface area contributed by atoms with Crippen molar-refractivity contribution in [2.45, 2.75) is 6.43 Å². The molecule has 2 N–H and O–H groups in total. The summed E-state index contributed by atoms with van der Waals surface area (Å²) in [6.07, 6.45) is -2.61. The fourth-order valence-corrected chi connectivity index (χ4v) is 1.62. The summed E-state index contributed by atoms with van der Waals surface area (Å²) in [4.78, 5) is 3.78. The van der Waals surface area contributed by atoms with Gasteiger partial charge in [-0.05, 0) is 22.6 Å². The summed E-state index contributed by atoms with van der Waals surface area (Å²) in [5.74, 6) is 0.242. The second-order valence-electron chi connectivity index (χ2n) is 2.26. The van der Waals surface area contributed by atoms with Crippen molar-refractivity contribution in [3.05, 3.63) is 15.3 Å². The lowest BCUT2D eigenvalue weighted by Crippen LogP contribution is -2.02. The largest absolute Gasteiger partial charge is 0.481 e. The Hall–Kier alpha value is -0.660. The second-order valence-corrected chi connectivity index (χ2v) is 3.28. The third-order valence-electron chi connectivity index (χ3n) is 1.45. The highest BCUT2D eigenvalue weighted by molar-refractivity contribution is 14.1. The van der Waals surface area contributed by atoms with Gasteiger partial charge in [-0.1, -0.05) is 0 Å². The normalized spacial score (nSPS) is 10.5. The molecule has 0 spiro atoms. The van der Waals surface area contributed by atoms with Crippen molar-refractivity contribution in [1.29, 1.82) is 0 Å². The van der Waals surface area contributed by atoms with Gasteiger partial charge in [-0.3, -0.25) is 0 Å². The summed E-state index contributed by atoms with van der Waals surface area (Å²) >= 11 is 1.70. The number of rotatable bonds is 2. The molecule has 1 heterocycles. The Balaban J connectivity index is 3.23. The lowest BCUT2D eigenvalue weighted by molar-refractivity contribution is 0.150. The topological polar surface area (TPSA) is 48.1 Å². The Morgan fingerprint density at radius 2 is 2.23 bits per heavy atom. The third kappa shape index (κ3) is 2.17. The van der Waals surface area contributed by atoms with E-state index in [4.69, 9.17) is 10.5 Å². The van der Waals surface area contributed by atoms with Crippen LogP contribution in [0.2, 0.25) is 0 Å². The fourth-order valence-electron chi connectivity index (χ4n) is 0.840. The first kappa shape index (κ1) is 10.4. The van der Waals surface area contributed by atoms with Crippen molar-refractivity contribution in [3.63, 3.8) is 0 Å². The van der Waals surface area contributed by atoms with Crippen molar-refractivity contribution in [1.82, 2.24) is 4.98 Å². The molecule has 0 saturated heterocycles. The van der Waals surface area contributed by atoms with Gasteiger partial charge in [0.2, 0.25) is 5.88 Å². The van der Waals surface area contributed by atoms with Crippen LogP contribution in [0.1, 0.15) is 12.0 Å². The van der Waals surface area contributed by atoms with Crippen LogP contribution in [-0.4, -0.2) is 12.1 Å². The zero-order valence-electron chi connectivity index (χ0n) is 6.72. The monoisotopic (exact) mass is 300 g/mol. The molecule has 6 heteroatoms. The maximum absolute atomic E-state index is 12.4. The zero-order chi connectivity index (χ0) is 10.0. The lowest BCUT2D eigenvalue weighted by atomic mass is 10.2. The molecule has 13 heavy (non-hydrogen) atoms. The van der Waals surface area contributed by atoms with Crippen LogP contribution >= 0.6 is 22.6 Å². The quantitative estimate of drug-likeness (QED) is 0.673. The minimum Gasteiger partial charge on any atom is -0.481 e. The summed E-state index contributed by atoms with van der Waals surface area (Å²) in [6.45, 7) is 0. The molecule has 0 aromatic carbocycles. The molecule has 72 valence electrons.